The fourth-order valence-electron chi connectivity index (χ4n) is 1.81. The van der Waals surface area contributed by atoms with Crippen molar-refractivity contribution in [3.05, 3.63) is 65.2 Å². The SMILES string of the molecule is Cc1cccc(OCCC(=O)c2cc(F)ccc2F)c1. The van der Waals surface area contributed by atoms with Gasteiger partial charge in [0.05, 0.1) is 12.2 Å². The standard InChI is InChI=1S/C16H14F2O2/c1-11-3-2-4-13(9-11)20-8-7-16(19)14-10-12(17)5-6-15(14)18/h2-6,9-10H,7-8H2,1H3. The largest absolute Gasteiger partial charge is 0.493 e. The van der Waals surface area contributed by atoms with Crippen LogP contribution in [0.25, 0.3) is 0 Å². The third-order valence-electron chi connectivity index (χ3n) is 2.82. The average Bonchev–Trinajstić information content (AvgIpc) is 2.41. The van der Waals surface area contributed by atoms with Gasteiger partial charge in [0.15, 0.2) is 5.78 Å². The smallest absolute Gasteiger partial charge is 0.169 e. The van der Waals surface area contributed by atoms with E-state index in [1.165, 1.54) is 0 Å². The summed E-state index contributed by atoms with van der Waals surface area (Å²) >= 11 is 0. The van der Waals surface area contributed by atoms with Gasteiger partial charge in [0, 0.05) is 6.42 Å². The van der Waals surface area contributed by atoms with E-state index >= 15 is 0 Å². The van der Waals surface area contributed by atoms with Gasteiger partial charge >= 0.3 is 0 Å². The first-order valence-corrected chi connectivity index (χ1v) is 6.24. The Morgan fingerprint density at radius 2 is 1.95 bits per heavy atom. The van der Waals surface area contributed by atoms with Crippen LogP contribution >= 0.6 is 0 Å². The number of aryl methyl sites for hydroxylation is 1. The summed E-state index contributed by atoms with van der Waals surface area (Å²) in [6.45, 7) is 2.05. The predicted octanol–water partition coefficient (Wildman–Crippen LogP) is 3.93. The number of hydrogen-bond donors (Lipinski definition) is 0. The summed E-state index contributed by atoms with van der Waals surface area (Å²) in [5, 5.41) is 0. The number of halogens is 2. The molecule has 0 spiro atoms. The maximum Gasteiger partial charge on any atom is 0.169 e. The van der Waals surface area contributed by atoms with Crippen LogP contribution in [0.4, 0.5) is 8.78 Å². The third-order valence-corrected chi connectivity index (χ3v) is 2.82. The molecule has 0 saturated carbocycles. The molecule has 2 aromatic carbocycles. The van der Waals surface area contributed by atoms with E-state index in [-0.39, 0.29) is 18.6 Å². The molecule has 0 aromatic heterocycles. The second-order valence-corrected chi connectivity index (χ2v) is 4.46. The normalized spacial score (nSPS) is 10.3. The van der Waals surface area contributed by atoms with Gasteiger partial charge in [0.2, 0.25) is 0 Å². The Morgan fingerprint density at radius 1 is 1.15 bits per heavy atom. The number of rotatable bonds is 5. The highest BCUT2D eigenvalue weighted by Crippen LogP contribution is 2.15. The van der Waals surface area contributed by atoms with E-state index in [2.05, 4.69) is 0 Å². The van der Waals surface area contributed by atoms with Crippen LogP contribution in [-0.2, 0) is 0 Å². The summed E-state index contributed by atoms with van der Waals surface area (Å²) in [5.74, 6) is -1.17. The zero-order valence-corrected chi connectivity index (χ0v) is 11.0. The number of hydrogen-bond acceptors (Lipinski definition) is 2. The molecule has 4 heteroatoms. The molecule has 0 amide bonds. The minimum Gasteiger partial charge on any atom is -0.493 e. The quantitative estimate of drug-likeness (QED) is 0.773. The van der Waals surface area contributed by atoms with Gasteiger partial charge in [-0.15, -0.1) is 0 Å². The van der Waals surface area contributed by atoms with Crippen molar-refractivity contribution in [3.63, 3.8) is 0 Å². The van der Waals surface area contributed by atoms with Crippen molar-refractivity contribution >= 4 is 5.78 Å². The maximum absolute atomic E-state index is 13.4. The van der Waals surface area contributed by atoms with E-state index in [4.69, 9.17) is 4.74 Å². The number of carbonyl (C=O) groups excluding carboxylic acids is 1. The van der Waals surface area contributed by atoms with E-state index in [9.17, 15) is 13.6 Å². The Morgan fingerprint density at radius 3 is 2.70 bits per heavy atom. The Bertz CT molecular complexity index is 624. The van der Waals surface area contributed by atoms with Crippen molar-refractivity contribution in [1.82, 2.24) is 0 Å². The average molecular weight is 276 g/mol. The molecule has 0 aliphatic carbocycles. The zero-order chi connectivity index (χ0) is 14.5. The van der Waals surface area contributed by atoms with Gasteiger partial charge in [0.1, 0.15) is 17.4 Å². The lowest BCUT2D eigenvalue weighted by atomic mass is 10.1. The molecule has 0 aliphatic heterocycles. The highest BCUT2D eigenvalue weighted by molar-refractivity contribution is 5.96. The molecular formula is C16H14F2O2. The van der Waals surface area contributed by atoms with Crippen molar-refractivity contribution in [1.29, 1.82) is 0 Å². The lowest BCUT2D eigenvalue weighted by Gasteiger charge is -2.07. The first kappa shape index (κ1) is 14.2. The Kier molecular flexibility index (Phi) is 4.45. The predicted molar refractivity (Wildman–Crippen MR) is 72.0 cm³/mol. The molecule has 2 nitrogen and oxygen atoms in total. The molecule has 0 radical (unpaired) electrons. The molecule has 0 unspecified atom stereocenters. The number of benzene rings is 2. The summed E-state index contributed by atoms with van der Waals surface area (Å²) in [5.41, 5.74) is 0.808. The number of ketones is 1. The molecule has 0 N–H and O–H groups in total. The number of Topliss-reactive ketones (excluding diaryl/α,β-unsaturated/α-hetero) is 1. The van der Waals surface area contributed by atoms with Gasteiger partial charge in [-0.1, -0.05) is 12.1 Å². The first-order valence-electron chi connectivity index (χ1n) is 6.24. The minimum absolute atomic E-state index is 0.00564. The zero-order valence-electron chi connectivity index (χ0n) is 11.0. The lowest BCUT2D eigenvalue weighted by Crippen LogP contribution is -2.09. The van der Waals surface area contributed by atoms with E-state index in [1.807, 2.05) is 25.1 Å². The van der Waals surface area contributed by atoms with Crippen molar-refractivity contribution < 1.29 is 18.3 Å². The monoisotopic (exact) mass is 276 g/mol. The van der Waals surface area contributed by atoms with Gasteiger partial charge in [-0.2, -0.15) is 0 Å². The van der Waals surface area contributed by atoms with E-state index in [1.54, 1.807) is 6.07 Å². The fourth-order valence-corrected chi connectivity index (χ4v) is 1.81. The van der Waals surface area contributed by atoms with Crippen LogP contribution in [0.2, 0.25) is 0 Å². The summed E-state index contributed by atoms with van der Waals surface area (Å²) in [6, 6.07) is 10.2. The molecule has 0 aliphatic rings. The van der Waals surface area contributed by atoms with Gasteiger partial charge in [-0.05, 0) is 42.8 Å². The van der Waals surface area contributed by atoms with Crippen molar-refractivity contribution in [2.24, 2.45) is 0 Å². The Hall–Kier alpha value is -2.23. The molecule has 20 heavy (non-hydrogen) atoms. The maximum atomic E-state index is 13.4. The third kappa shape index (κ3) is 3.63. The topological polar surface area (TPSA) is 26.3 Å². The molecule has 0 fully saturated rings. The molecule has 0 bridgehead atoms. The summed E-state index contributed by atoms with van der Waals surface area (Å²) in [6.07, 6.45) is -0.00564. The molecule has 0 saturated heterocycles. The van der Waals surface area contributed by atoms with E-state index < -0.39 is 17.4 Å². The Labute approximate surface area is 116 Å². The van der Waals surface area contributed by atoms with Crippen molar-refractivity contribution in [2.75, 3.05) is 6.61 Å². The van der Waals surface area contributed by atoms with Crippen molar-refractivity contribution in [3.8, 4) is 5.75 Å². The van der Waals surface area contributed by atoms with Crippen molar-refractivity contribution in [2.45, 2.75) is 13.3 Å². The fraction of sp³-hybridized carbons (Fsp3) is 0.188. The van der Waals surface area contributed by atoms with Gasteiger partial charge in [-0.25, -0.2) is 8.78 Å². The number of ether oxygens (including phenoxy) is 1. The molecule has 2 rings (SSSR count). The highest BCUT2D eigenvalue weighted by Gasteiger charge is 2.12. The van der Waals surface area contributed by atoms with Crippen LogP contribution in [0.15, 0.2) is 42.5 Å². The van der Waals surface area contributed by atoms with Crippen LogP contribution in [0.1, 0.15) is 22.3 Å². The van der Waals surface area contributed by atoms with Gasteiger partial charge < -0.3 is 4.74 Å². The van der Waals surface area contributed by atoms with E-state index in [0.29, 0.717) is 5.75 Å². The van der Waals surface area contributed by atoms with Crippen LogP contribution in [0.3, 0.4) is 0 Å². The molecule has 0 atom stereocenters. The summed E-state index contributed by atoms with van der Waals surface area (Å²) in [7, 11) is 0. The lowest BCUT2D eigenvalue weighted by molar-refractivity contribution is 0.0957. The first-order chi connectivity index (χ1) is 9.56. The second-order valence-electron chi connectivity index (χ2n) is 4.46. The molecular weight excluding hydrogens is 262 g/mol. The minimum atomic E-state index is -0.716. The Balaban J connectivity index is 1.94. The number of carbonyl (C=O) groups is 1. The highest BCUT2D eigenvalue weighted by atomic mass is 19.1. The second kappa shape index (κ2) is 6.28. The van der Waals surface area contributed by atoms with Crippen LogP contribution < -0.4 is 4.74 Å². The molecule has 2 aromatic rings. The van der Waals surface area contributed by atoms with Crippen LogP contribution in [0.5, 0.6) is 5.75 Å². The van der Waals surface area contributed by atoms with Crippen LogP contribution in [0, 0.1) is 18.6 Å². The summed E-state index contributed by atoms with van der Waals surface area (Å²) < 4.78 is 31.8. The molecule has 104 valence electrons. The van der Waals surface area contributed by atoms with Gasteiger partial charge in [0.25, 0.3) is 0 Å². The van der Waals surface area contributed by atoms with Crippen LogP contribution in [-0.4, -0.2) is 12.4 Å². The molecule has 0 heterocycles. The van der Waals surface area contributed by atoms with Gasteiger partial charge in [-0.3, -0.25) is 4.79 Å². The van der Waals surface area contributed by atoms with E-state index in [0.717, 1.165) is 23.8 Å². The summed E-state index contributed by atoms with van der Waals surface area (Å²) in [4.78, 5) is 11.8.